The first-order valence-electron chi connectivity index (χ1n) is 10.9. The topological polar surface area (TPSA) is 71.9 Å². The van der Waals surface area contributed by atoms with Gasteiger partial charge in [0.05, 0.1) is 42.0 Å². The lowest BCUT2D eigenvalue weighted by atomic mass is 10.1. The van der Waals surface area contributed by atoms with Gasteiger partial charge in [-0.3, -0.25) is 0 Å². The third kappa shape index (κ3) is 5.81. The highest BCUT2D eigenvalue weighted by Gasteiger charge is 2.33. The van der Waals surface area contributed by atoms with Gasteiger partial charge in [0.25, 0.3) is 0 Å². The summed E-state index contributed by atoms with van der Waals surface area (Å²) in [6.45, 7) is -0.749. The quantitative estimate of drug-likeness (QED) is 0.342. The van der Waals surface area contributed by atoms with Crippen molar-refractivity contribution in [2.75, 3.05) is 0 Å². The SMILES string of the molecule is Cn1/c(=N/c2ccc(OC(F)(F)F)cc2)n(Cc2ccc(CO)cc2)c2cc(C(F)(F)F)cc(CO)c21. The minimum Gasteiger partial charge on any atom is -0.406 e. The molecular weight excluding hydrogens is 504 g/mol. The molecule has 0 aliphatic carbocycles. The van der Waals surface area contributed by atoms with E-state index in [0.717, 1.165) is 24.3 Å². The van der Waals surface area contributed by atoms with Crippen LogP contribution in [0.5, 0.6) is 5.75 Å². The van der Waals surface area contributed by atoms with Gasteiger partial charge in [0, 0.05) is 12.6 Å². The maximum absolute atomic E-state index is 13.6. The van der Waals surface area contributed by atoms with E-state index < -0.39 is 30.5 Å². The van der Waals surface area contributed by atoms with Crippen LogP contribution in [0.25, 0.3) is 11.0 Å². The first-order chi connectivity index (χ1) is 17.4. The van der Waals surface area contributed by atoms with E-state index in [1.54, 1.807) is 31.3 Å². The number of nitrogens with zero attached hydrogens (tertiary/aromatic N) is 3. The van der Waals surface area contributed by atoms with Crippen LogP contribution >= 0.6 is 0 Å². The molecule has 1 aromatic heterocycles. The Morgan fingerprint density at radius 3 is 2.00 bits per heavy atom. The van der Waals surface area contributed by atoms with Crippen LogP contribution in [0, 0.1) is 0 Å². The average Bonchev–Trinajstić information content (AvgIpc) is 3.09. The molecule has 0 bridgehead atoms. The Morgan fingerprint density at radius 2 is 1.46 bits per heavy atom. The fraction of sp³-hybridized carbons (Fsp3) is 0.240. The van der Waals surface area contributed by atoms with Crippen molar-refractivity contribution in [2.24, 2.45) is 12.0 Å². The van der Waals surface area contributed by atoms with Crippen molar-refractivity contribution in [1.82, 2.24) is 9.13 Å². The lowest BCUT2D eigenvalue weighted by molar-refractivity contribution is -0.274. The van der Waals surface area contributed by atoms with Crippen molar-refractivity contribution in [1.29, 1.82) is 0 Å². The van der Waals surface area contributed by atoms with E-state index in [2.05, 4.69) is 9.73 Å². The summed E-state index contributed by atoms with van der Waals surface area (Å²) < 4.78 is 85.3. The van der Waals surface area contributed by atoms with Gasteiger partial charge >= 0.3 is 12.5 Å². The Balaban J connectivity index is 1.93. The summed E-state index contributed by atoms with van der Waals surface area (Å²) in [7, 11) is 1.57. The second kappa shape index (κ2) is 9.94. The van der Waals surface area contributed by atoms with Crippen LogP contribution in [0.3, 0.4) is 0 Å². The van der Waals surface area contributed by atoms with Gasteiger partial charge in [-0.15, -0.1) is 13.2 Å². The second-order valence-corrected chi connectivity index (χ2v) is 8.23. The molecule has 2 N–H and O–H groups in total. The first kappa shape index (κ1) is 26.3. The lowest BCUT2D eigenvalue weighted by Gasteiger charge is -2.11. The van der Waals surface area contributed by atoms with Crippen molar-refractivity contribution in [3.8, 4) is 5.75 Å². The van der Waals surface area contributed by atoms with Gasteiger partial charge in [-0.1, -0.05) is 24.3 Å². The third-order valence-electron chi connectivity index (χ3n) is 5.68. The van der Waals surface area contributed by atoms with Gasteiger partial charge in [0.15, 0.2) is 0 Å². The van der Waals surface area contributed by atoms with E-state index >= 15 is 0 Å². The van der Waals surface area contributed by atoms with Crippen molar-refractivity contribution in [3.05, 3.63) is 88.5 Å². The molecule has 4 aromatic rings. The number of ether oxygens (including phenoxy) is 1. The minimum atomic E-state index is -4.86. The number of aryl methyl sites for hydroxylation is 1. The number of aliphatic hydroxyl groups excluding tert-OH is 2. The van der Waals surface area contributed by atoms with Gasteiger partial charge in [-0.05, 0) is 47.5 Å². The molecule has 0 radical (unpaired) electrons. The molecule has 0 saturated heterocycles. The van der Waals surface area contributed by atoms with Gasteiger partial charge in [-0.2, -0.15) is 13.2 Å². The Hall–Kier alpha value is -3.77. The Kier molecular flexibility index (Phi) is 7.07. The molecule has 12 heteroatoms. The molecule has 6 nitrogen and oxygen atoms in total. The maximum atomic E-state index is 13.6. The molecule has 0 unspecified atom stereocenters. The molecule has 1 heterocycles. The molecule has 0 fully saturated rings. The predicted molar refractivity (Wildman–Crippen MR) is 122 cm³/mol. The fourth-order valence-electron chi connectivity index (χ4n) is 4.01. The van der Waals surface area contributed by atoms with Crippen LogP contribution in [0.4, 0.5) is 32.0 Å². The smallest absolute Gasteiger partial charge is 0.406 e. The van der Waals surface area contributed by atoms with Crippen LogP contribution in [0.1, 0.15) is 22.3 Å². The minimum absolute atomic E-state index is 0.0343. The molecule has 3 aromatic carbocycles. The van der Waals surface area contributed by atoms with Crippen LogP contribution in [-0.2, 0) is 33.0 Å². The summed E-state index contributed by atoms with van der Waals surface area (Å²) in [4.78, 5) is 4.50. The number of benzene rings is 3. The zero-order chi connectivity index (χ0) is 27.0. The zero-order valence-electron chi connectivity index (χ0n) is 19.3. The summed E-state index contributed by atoms with van der Waals surface area (Å²) >= 11 is 0. The molecule has 0 spiro atoms. The Bertz CT molecular complexity index is 1470. The van der Waals surface area contributed by atoms with Crippen molar-refractivity contribution < 1.29 is 41.3 Å². The highest BCUT2D eigenvalue weighted by molar-refractivity contribution is 5.81. The van der Waals surface area contributed by atoms with Crippen molar-refractivity contribution >= 4 is 16.7 Å². The number of aliphatic hydroxyl groups is 2. The number of hydrogen-bond donors (Lipinski definition) is 2. The van der Waals surface area contributed by atoms with Crippen LogP contribution < -0.4 is 10.4 Å². The maximum Gasteiger partial charge on any atom is 0.573 e. The Labute approximate surface area is 206 Å². The molecule has 0 amide bonds. The average molecular weight is 525 g/mol. The van der Waals surface area contributed by atoms with Crippen LogP contribution in [-0.4, -0.2) is 25.7 Å². The molecule has 4 rings (SSSR count). The number of halogens is 6. The number of hydrogen-bond acceptors (Lipinski definition) is 4. The van der Waals surface area contributed by atoms with Gasteiger partial charge in [0.2, 0.25) is 5.62 Å². The normalized spacial score (nSPS) is 12.9. The van der Waals surface area contributed by atoms with E-state index in [9.17, 15) is 36.6 Å². The monoisotopic (exact) mass is 525 g/mol. The number of imidazole rings is 1. The van der Waals surface area contributed by atoms with Gasteiger partial charge in [-0.25, -0.2) is 4.99 Å². The largest absolute Gasteiger partial charge is 0.573 e. The standard InChI is InChI=1S/C25H21F6N3O3/c1-33-22-17(14-36)10-18(24(26,27)28)11-21(22)34(12-15-2-4-16(13-35)5-3-15)23(33)32-19-6-8-20(9-7-19)37-25(29,30)31/h2-11,35-36H,12-14H2,1H3/b32-23-. The van der Waals surface area contributed by atoms with Crippen LogP contribution in [0.15, 0.2) is 65.7 Å². The van der Waals surface area contributed by atoms with Crippen LogP contribution in [0.2, 0.25) is 0 Å². The summed E-state index contributed by atoms with van der Waals surface area (Å²) in [6, 6.07) is 13.3. The van der Waals surface area contributed by atoms with E-state index in [0.29, 0.717) is 16.6 Å². The molecular formula is C25H21F6N3O3. The van der Waals surface area contributed by atoms with Crippen molar-refractivity contribution in [3.63, 3.8) is 0 Å². The third-order valence-corrected chi connectivity index (χ3v) is 5.68. The number of rotatable bonds is 6. The summed E-state index contributed by atoms with van der Waals surface area (Å²) in [5.41, 5.74) is 1.34. The lowest BCUT2D eigenvalue weighted by Crippen LogP contribution is -2.24. The first-order valence-corrected chi connectivity index (χ1v) is 10.9. The zero-order valence-corrected chi connectivity index (χ0v) is 19.3. The molecule has 0 saturated carbocycles. The number of aromatic nitrogens is 2. The Morgan fingerprint density at radius 1 is 0.838 bits per heavy atom. The molecule has 0 aliphatic rings. The summed E-state index contributed by atoms with van der Waals surface area (Å²) in [6.07, 6.45) is -9.53. The number of alkyl halides is 6. The molecule has 196 valence electrons. The van der Waals surface area contributed by atoms with Gasteiger partial charge < -0.3 is 24.1 Å². The highest BCUT2D eigenvalue weighted by Crippen LogP contribution is 2.33. The second-order valence-electron chi connectivity index (χ2n) is 8.23. The predicted octanol–water partition coefficient (Wildman–Crippen LogP) is 5.16. The van der Waals surface area contributed by atoms with E-state index in [-0.39, 0.29) is 35.5 Å². The summed E-state index contributed by atoms with van der Waals surface area (Å²) in [5, 5.41) is 19.2. The van der Waals surface area contributed by atoms with E-state index in [1.807, 2.05) is 0 Å². The molecule has 37 heavy (non-hydrogen) atoms. The molecule has 0 aliphatic heterocycles. The highest BCUT2D eigenvalue weighted by atomic mass is 19.4. The molecule has 0 atom stereocenters. The van der Waals surface area contributed by atoms with E-state index in [1.165, 1.54) is 21.3 Å². The number of fused-ring (bicyclic) bond motifs is 1. The van der Waals surface area contributed by atoms with Crippen molar-refractivity contribution in [2.45, 2.75) is 32.3 Å². The van der Waals surface area contributed by atoms with E-state index in [4.69, 9.17) is 0 Å². The van der Waals surface area contributed by atoms with Gasteiger partial charge in [0.1, 0.15) is 5.75 Å². The summed E-state index contributed by atoms with van der Waals surface area (Å²) in [5.74, 6) is -0.447. The fourth-order valence-corrected chi connectivity index (χ4v) is 4.01.